The van der Waals surface area contributed by atoms with Crippen LogP contribution in [0.5, 0.6) is 0 Å². The van der Waals surface area contributed by atoms with E-state index in [1.165, 1.54) is 6.07 Å². The summed E-state index contributed by atoms with van der Waals surface area (Å²) in [5, 5.41) is 9.78. The van der Waals surface area contributed by atoms with Crippen LogP contribution in [-0.4, -0.2) is 11.1 Å². The number of hydrogen-bond acceptors (Lipinski definition) is 2. The molecule has 0 aliphatic rings. The minimum Gasteiger partial charge on any atom is -0.478 e. The number of furan rings is 1. The maximum absolute atomic E-state index is 10.9. The van der Waals surface area contributed by atoms with Crippen LogP contribution in [0, 0.1) is 6.92 Å². The molecule has 2 aromatic rings. The van der Waals surface area contributed by atoms with Gasteiger partial charge >= 0.3 is 5.97 Å². The average molecular weight is 271 g/mol. The zero-order valence-electron chi connectivity index (χ0n) is 8.83. The van der Waals surface area contributed by atoms with Gasteiger partial charge in [0.15, 0.2) is 0 Å². The van der Waals surface area contributed by atoms with Gasteiger partial charge in [0, 0.05) is 0 Å². The van der Waals surface area contributed by atoms with E-state index in [0.717, 1.165) is 0 Å². The van der Waals surface area contributed by atoms with Gasteiger partial charge in [-0.05, 0) is 25.1 Å². The average Bonchev–Trinajstić information content (AvgIpc) is 2.60. The van der Waals surface area contributed by atoms with Crippen LogP contribution in [-0.2, 0) is 0 Å². The second-order valence-corrected chi connectivity index (χ2v) is 4.30. The molecule has 0 unspecified atom stereocenters. The molecule has 88 valence electrons. The van der Waals surface area contributed by atoms with Crippen LogP contribution in [0.15, 0.2) is 28.7 Å². The molecule has 0 bridgehead atoms. The summed E-state index contributed by atoms with van der Waals surface area (Å²) in [4.78, 5) is 10.9. The standard InChI is InChI=1S/C12H8Cl2O3/c1-6-7(12(15)16)5-10(17-6)11-8(13)3-2-4-9(11)14/h2-5H,1H3,(H,15,16). The zero-order chi connectivity index (χ0) is 12.6. The molecule has 0 aliphatic carbocycles. The van der Waals surface area contributed by atoms with Crippen LogP contribution >= 0.6 is 23.2 Å². The van der Waals surface area contributed by atoms with Crippen molar-refractivity contribution >= 4 is 29.2 Å². The van der Waals surface area contributed by atoms with Crippen molar-refractivity contribution in [2.24, 2.45) is 0 Å². The summed E-state index contributed by atoms with van der Waals surface area (Å²) in [5.41, 5.74) is 0.613. The van der Waals surface area contributed by atoms with E-state index < -0.39 is 5.97 Å². The van der Waals surface area contributed by atoms with Crippen molar-refractivity contribution in [1.82, 2.24) is 0 Å². The molecule has 2 rings (SSSR count). The largest absolute Gasteiger partial charge is 0.478 e. The van der Waals surface area contributed by atoms with Gasteiger partial charge in [-0.1, -0.05) is 29.3 Å². The predicted molar refractivity (Wildman–Crippen MR) is 65.9 cm³/mol. The predicted octanol–water partition coefficient (Wildman–Crippen LogP) is 4.26. The van der Waals surface area contributed by atoms with Gasteiger partial charge in [-0.3, -0.25) is 0 Å². The Morgan fingerprint density at radius 1 is 1.29 bits per heavy atom. The Hall–Kier alpha value is -1.45. The van der Waals surface area contributed by atoms with E-state index in [9.17, 15) is 4.79 Å². The highest BCUT2D eigenvalue weighted by molar-refractivity contribution is 6.39. The first kappa shape index (κ1) is 12.0. The molecule has 17 heavy (non-hydrogen) atoms. The van der Waals surface area contributed by atoms with Gasteiger partial charge in [-0.25, -0.2) is 4.79 Å². The molecule has 1 heterocycles. The molecule has 0 radical (unpaired) electrons. The first-order valence-corrected chi connectivity index (χ1v) is 5.54. The normalized spacial score (nSPS) is 10.5. The molecule has 3 nitrogen and oxygen atoms in total. The first-order chi connectivity index (χ1) is 8.00. The molecule has 0 saturated carbocycles. The molecule has 0 atom stereocenters. The third-order valence-electron chi connectivity index (χ3n) is 2.36. The lowest BCUT2D eigenvalue weighted by molar-refractivity contribution is 0.0695. The Bertz CT molecular complexity index is 567. The highest BCUT2D eigenvalue weighted by Gasteiger charge is 2.18. The minimum absolute atomic E-state index is 0.107. The Labute approximate surface area is 108 Å². The second kappa shape index (κ2) is 4.43. The summed E-state index contributed by atoms with van der Waals surface area (Å²) in [7, 11) is 0. The van der Waals surface area contributed by atoms with Crippen molar-refractivity contribution in [3.63, 3.8) is 0 Å². The maximum atomic E-state index is 10.9. The Kier molecular flexibility index (Phi) is 3.13. The quantitative estimate of drug-likeness (QED) is 0.887. The second-order valence-electron chi connectivity index (χ2n) is 3.48. The van der Waals surface area contributed by atoms with Gasteiger partial charge in [-0.2, -0.15) is 0 Å². The first-order valence-electron chi connectivity index (χ1n) is 4.79. The minimum atomic E-state index is -1.04. The monoisotopic (exact) mass is 270 g/mol. The lowest BCUT2D eigenvalue weighted by Gasteiger charge is -2.02. The van der Waals surface area contributed by atoms with Crippen LogP contribution in [0.3, 0.4) is 0 Å². The third-order valence-corrected chi connectivity index (χ3v) is 2.99. The van der Waals surface area contributed by atoms with Crippen molar-refractivity contribution in [3.05, 3.63) is 45.6 Å². The Balaban J connectivity index is 2.62. The summed E-state index contributed by atoms with van der Waals surface area (Å²) in [6.07, 6.45) is 0. The van der Waals surface area contributed by atoms with E-state index >= 15 is 0 Å². The molecule has 1 aromatic carbocycles. The molecule has 0 saturated heterocycles. The SMILES string of the molecule is Cc1oc(-c2c(Cl)cccc2Cl)cc1C(=O)O. The summed E-state index contributed by atoms with van der Waals surface area (Å²) >= 11 is 12.0. The number of halogens is 2. The third kappa shape index (κ3) is 2.16. The van der Waals surface area contributed by atoms with Gasteiger partial charge in [0.1, 0.15) is 17.1 Å². The molecule has 0 fully saturated rings. The van der Waals surface area contributed by atoms with E-state index in [0.29, 0.717) is 27.1 Å². The van der Waals surface area contributed by atoms with Crippen molar-refractivity contribution in [1.29, 1.82) is 0 Å². The molecular weight excluding hydrogens is 263 g/mol. The fraction of sp³-hybridized carbons (Fsp3) is 0.0833. The molecule has 5 heteroatoms. The zero-order valence-corrected chi connectivity index (χ0v) is 10.3. The van der Waals surface area contributed by atoms with Gasteiger partial charge in [-0.15, -0.1) is 0 Å². The van der Waals surface area contributed by atoms with Crippen LogP contribution < -0.4 is 0 Å². The highest BCUT2D eigenvalue weighted by Crippen LogP contribution is 2.36. The lowest BCUT2D eigenvalue weighted by atomic mass is 10.1. The number of carbonyl (C=O) groups is 1. The van der Waals surface area contributed by atoms with Gasteiger partial charge < -0.3 is 9.52 Å². The van der Waals surface area contributed by atoms with E-state index in [2.05, 4.69) is 0 Å². The number of carboxylic acid groups (broad SMARTS) is 1. The molecule has 1 aromatic heterocycles. The fourth-order valence-corrected chi connectivity index (χ4v) is 2.13. The van der Waals surface area contributed by atoms with E-state index in [1.54, 1.807) is 25.1 Å². The van der Waals surface area contributed by atoms with Crippen molar-refractivity contribution < 1.29 is 14.3 Å². The Morgan fingerprint density at radius 3 is 2.35 bits per heavy atom. The van der Waals surface area contributed by atoms with Gasteiger partial charge in [0.25, 0.3) is 0 Å². The van der Waals surface area contributed by atoms with Gasteiger partial charge in [0.2, 0.25) is 0 Å². The van der Waals surface area contributed by atoms with Crippen molar-refractivity contribution in [3.8, 4) is 11.3 Å². The van der Waals surface area contributed by atoms with Crippen LogP contribution in [0.4, 0.5) is 0 Å². The summed E-state index contributed by atoms with van der Waals surface area (Å²) < 4.78 is 5.37. The summed E-state index contributed by atoms with van der Waals surface area (Å²) in [6.45, 7) is 1.58. The highest BCUT2D eigenvalue weighted by atomic mass is 35.5. The molecule has 1 N–H and O–H groups in total. The molecule has 0 amide bonds. The summed E-state index contributed by atoms with van der Waals surface area (Å²) in [5.74, 6) is -0.361. The lowest BCUT2D eigenvalue weighted by Crippen LogP contribution is -1.94. The summed E-state index contributed by atoms with van der Waals surface area (Å²) in [6, 6.07) is 6.47. The molecular formula is C12H8Cl2O3. The number of hydrogen-bond donors (Lipinski definition) is 1. The van der Waals surface area contributed by atoms with Crippen LogP contribution in [0.1, 0.15) is 16.1 Å². The van der Waals surface area contributed by atoms with Crippen LogP contribution in [0.25, 0.3) is 11.3 Å². The number of aromatic carboxylic acids is 1. The molecule has 0 spiro atoms. The van der Waals surface area contributed by atoms with Crippen molar-refractivity contribution in [2.45, 2.75) is 6.92 Å². The maximum Gasteiger partial charge on any atom is 0.339 e. The van der Waals surface area contributed by atoms with E-state index in [4.69, 9.17) is 32.7 Å². The number of rotatable bonds is 2. The number of benzene rings is 1. The van der Waals surface area contributed by atoms with E-state index in [1.807, 2.05) is 0 Å². The fourth-order valence-electron chi connectivity index (χ4n) is 1.55. The van der Waals surface area contributed by atoms with Crippen molar-refractivity contribution in [2.75, 3.05) is 0 Å². The smallest absolute Gasteiger partial charge is 0.339 e. The number of carboxylic acids is 1. The van der Waals surface area contributed by atoms with E-state index in [-0.39, 0.29) is 5.56 Å². The Morgan fingerprint density at radius 2 is 1.88 bits per heavy atom. The molecule has 0 aliphatic heterocycles. The van der Waals surface area contributed by atoms with Gasteiger partial charge in [0.05, 0.1) is 15.6 Å². The number of aryl methyl sites for hydroxylation is 1. The van der Waals surface area contributed by atoms with Crippen LogP contribution in [0.2, 0.25) is 10.0 Å². The topological polar surface area (TPSA) is 50.4 Å².